The van der Waals surface area contributed by atoms with Gasteiger partial charge in [-0.05, 0) is 29.7 Å². The molecule has 1 aromatic rings. The maximum atomic E-state index is 9.55. The molecule has 0 aromatic heterocycles. The molecule has 1 aliphatic carbocycles. The fraction of sp³-hybridized carbons (Fsp3) is 0.545. The molecule has 1 spiro atoms. The van der Waals surface area contributed by atoms with Crippen molar-refractivity contribution in [2.24, 2.45) is 0 Å². The van der Waals surface area contributed by atoms with Crippen LogP contribution >= 0.6 is 0 Å². The van der Waals surface area contributed by atoms with Crippen molar-refractivity contribution in [2.75, 3.05) is 20.3 Å². The summed E-state index contributed by atoms with van der Waals surface area (Å²) < 4.78 is 11.6. The van der Waals surface area contributed by atoms with Crippen molar-refractivity contribution in [1.82, 2.24) is 4.90 Å². The van der Waals surface area contributed by atoms with E-state index in [2.05, 4.69) is 31.5 Å². The summed E-state index contributed by atoms with van der Waals surface area (Å²) in [5.74, 6) is -0.133. The molecule has 0 radical (unpaired) electrons. The van der Waals surface area contributed by atoms with Gasteiger partial charge in [0.25, 0.3) is 0 Å². The van der Waals surface area contributed by atoms with Gasteiger partial charge in [0.2, 0.25) is 0 Å². The van der Waals surface area contributed by atoms with Crippen LogP contribution in [0.3, 0.4) is 0 Å². The molecule has 4 heteroatoms. The Morgan fingerprint density at radius 3 is 2.54 bits per heavy atom. The molecule has 26 heavy (non-hydrogen) atoms. The maximum absolute atomic E-state index is 9.55. The molecule has 1 N–H and O–H groups in total. The van der Waals surface area contributed by atoms with Gasteiger partial charge in [-0.3, -0.25) is 0 Å². The van der Waals surface area contributed by atoms with Gasteiger partial charge in [-0.1, -0.05) is 51.0 Å². The van der Waals surface area contributed by atoms with Crippen molar-refractivity contribution in [3.63, 3.8) is 0 Å². The van der Waals surface area contributed by atoms with Crippen molar-refractivity contribution >= 4 is 0 Å². The zero-order chi connectivity index (χ0) is 19.0. The summed E-state index contributed by atoms with van der Waals surface area (Å²) in [5, 5.41) is 9.55. The van der Waals surface area contributed by atoms with Crippen molar-refractivity contribution in [2.45, 2.75) is 58.3 Å². The number of nitrogens with zero attached hydrogens (tertiary/aromatic N) is 1. The van der Waals surface area contributed by atoms with Gasteiger partial charge in [-0.25, -0.2) is 0 Å². The first-order valence-electron chi connectivity index (χ1n) is 9.63. The molecule has 1 heterocycles. The number of phenolic OH excluding ortho intramolecular Hbond substituents is 1. The molecule has 1 saturated carbocycles. The Morgan fingerprint density at radius 1 is 1.23 bits per heavy atom. The van der Waals surface area contributed by atoms with Crippen LogP contribution < -0.4 is 0 Å². The zero-order valence-corrected chi connectivity index (χ0v) is 16.5. The Kier molecular flexibility index (Phi) is 7.73. The molecule has 2 aliphatic rings. The van der Waals surface area contributed by atoms with E-state index in [1.165, 1.54) is 18.4 Å². The van der Waals surface area contributed by atoms with Gasteiger partial charge in [-0.2, -0.15) is 0 Å². The maximum Gasteiger partial charge on any atom is 0.172 e. The number of unbranched alkanes of at least 4 members (excludes halogenated alkanes) is 1. The summed E-state index contributed by atoms with van der Waals surface area (Å²) in [5.41, 5.74) is 3.42. The third-order valence-corrected chi connectivity index (χ3v) is 4.75. The average molecular weight is 360 g/mol. The van der Waals surface area contributed by atoms with Crippen LogP contribution in [0.4, 0.5) is 0 Å². The highest BCUT2D eigenvalue weighted by Gasteiger charge is 2.40. The van der Waals surface area contributed by atoms with E-state index in [4.69, 9.17) is 9.47 Å². The van der Waals surface area contributed by atoms with Crippen LogP contribution in [-0.4, -0.2) is 36.1 Å². The number of phenols is 1. The molecule has 1 aliphatic heterocycles. The number of aromatic hydroxyl groups is 1. The van der Waals surface area contributed by atoms with Crippen LogP contribution in [0, 0.1) is 0 Å². The SMILES string of the molecule is C=C1CCC2(C/C1=C/N(C)Cc1cccc(O)c1)OCCO2.CCCC. The highest BCUT2D eigenvalue weighted by Crippen LogP contribution is 2.40. The molecule has 0 atom stereocenters. The topological polar surface area (TPSA) is 41.9 Å². The average Bonchev–Trinajstić information content (AvgIpc) is 3.07. The molecular weight excluding hydrogens is 326 g/mol. The smallest absolute Gasteiger partial charge is 0.172 e. The minimum atomic E-state index is -0.432. The number of ether oxygens (including phenoxy) is 2. The second-order valence-corrected chi connectivity index (χ2v) is 7.13. The highest BCUT2D eigenvalue weighted by atomic mass is 16.7. The van der Waals surface area contributed by atoms with Gasteiger partial charge in [-0.15, -0.1) is 0 Å². The number of benzene rings is 1. The van der Waals surface area contributed by atoms with Crippen LogP contribution in [0.2, 0.25) is 0 Å². The van der Waals surface area contributed by atoms with Crippen molar-refractivity contribution < 1.29 is 14.6 Å². The third kappa shape index (κ3) is 5.89. The number of rotatable bonds is 4. The van der Waals surface area contributed by atoms with E-state index in [0.717, 1.165) is 36.9 Å². The van der Waals surface area contributed by atoms with E-state index >= 15 is 0 Å². The van der Waals surface area contributed by atoms with E-state index in [0.29, 0.717) is 19.0 Å². The number of allylic oxidation sites excluding steroid dienone is 1. The summed E-state index contributed by atoms with van der Waals surface area (Å²) in [6, 6.07) is 7.34. The highest BCUT2D eigenvalue weighted by molar-refractivity contribution is 5.33. The lowest BCUT2D eigenvalue weighted by Crippen LogP contribution is -2.34. The zero-order valence-electron chi connectivity index (χ0n) is 16.5. The molecule has 1 aromatic carbocycles. The van der Waals surface area contributed by atoms with Gasteiger partial charge in [0, 0.05) is 32.6 Å². The van der Waals surface area contributed by atoms with Crippen LogP contribution in [0.1, 0.15) is 51.5 Å². The van der Waals surface area contributed by atoms with Gasteiger partial charge in [0.1, 0.15) is 5.75 Å². The van der Waals surface area contributed by atoms with Gasteiger partial charge in [0.15, 0.2) is 5.79 Å². The summed E-state index contributed by atoms with van der Waals surface area (Å²) in [6.45, 7) is 10.6. The first-order valence-corrected chi connectivity index (χ1v) is 9.63. The predicted molar refractivity (Wildman–Crippen MR) is 106 cm³/mol. The standard InChI is InChI=1S/C18H23NO3.C4H10/c1-14-6-7-18(21-8-9-22-18)11-16(14)13-19(2)12-15-4-3-5-17(20)10-15;1-3-4-2/h3-5,10,13,20H,1,6-9,11-12H2,2H3;3-4H2,1-2H3/b16-13-;. The fourth-order valence-electron chi connectivity index (χ4n) is 3.14. The molecule has 0 bridgehead atoms. The summed E-state index contributed by atoms with van der Waals surface area (Å²) >= 11 is 0. The Labute approximate surface area is 158 Å². The van der Waals surface area contributed by atoms with Gasteiger partial charge < -0.3 is 19.5 Å². The lowest BCUT2D eigenvalue weighted by atomic mass is 9.86. The number of hydrogen-bond donors (Lipinski definition) is 1. The number of hydrogen-bond acceptors (Lipinski definition) is 4. The van der Waals surface area contributed by atoms with Crippen LogP contribution in [0.5, 0.6) is 5.75 Å². The van der Waals surface area contributed by atoms with E-state index in [1.807, 2.05) is 19.2 Å². The van der Waals surface area contributed by atoms with E-state index in [-0.39, 0.29) is 0 Å². The molecule has 0 amide bonds. The van der Waals surface area contributed by atoms with Crippen molar-refractivity contribution in [1.29, 1.82) is 0 Å². The van der Waals surface area contributed by atoms with Crippen molar-refractivity contribution in [3.8, 4) is 5.75 Å². The Balaban J connectivity index is 0.000000552. The quantitative estimate of drug-likeness (QED) is 0.822. The van der Waals surface area contributed by atoms with E-state index < -0.39 is 5.79 Å². The summed E-state index contributed by atoms with van der Waals surface area (Å²) in [6.07, 6.45) is 7.32. The first kappa shape index (κ1) is 20.5. The second-order valence-electron chi connectivity index (χ2n) is 7.13. The largest absolute Gasteiger partial charge is 0.508 e. The first-order chi connectivity index (χ1) is 12.5. The Hall–Kier alpha value is -1.78. The lowest BCUT2D eigenvalue weighted by molar-refractivity contribution is -0.163. The molecule has 2 fully saturated rings. The Morgan fingerprint density at radius 2 is 1.92 bits per heavy atom. The normalized spacial score (nSPS) is 20.1. The van der Waals surface area contributed by atoms with Crippen LogP contribution in [0.15, 0.2) is 48.2 Å². The minimum absolute atomic E-state index is 0.298. The van der Waals surface area contributed by atoms with Crippen LogP contribution in [0.25, 0.3) is 0 Å². The molecule has 1 saturated heterocycles. The molecule has 3 rings (SSSR count). The van der Waals surface area contributed by atoms with Crippen LogP contribution in [-0.2, 0) is 16.0 Å². The van der Waals surface area contributed by atoms with E-state index in [1.54, 1.807) is 12.1 Å². The third-order valence-electron chi connectivity index (χ3n) is 4.75. The monoisotopic (exact) mass is 359 g/mol. The van der Waals surface area contributed by atoms with E-state index in [9.17, 15) is 5.11 Å². The van der Waals surface area contributed by atoms with Crippen molar-refractivity contribution in [3.05, 3.63) is 53.8 Å². The van der Waals surface area contributed by atoms with Gasteiger partial charge in [0.05, 0.1) is 13.2 Å². The Bertz CT molecular complexity index is 616. The minimum Gasteiger partial charge on any atom is -0.508 e. The van der Waals surface area contributed by atoms with Gasteiger partial charge >= 0.3 is 0 Å². The predicted octanol–water partition coefficient (Wildman–Crippen LogP) is 5.00. The molecule has 0 unspecified atom stereocenters. The lowest BCUT2D eigenvalue weighted by Gasteiger charge is -2.34. The fourth-order valence-corrected chi connectivity index (χ4v) is 3.14. The molecule has 144 valence electrons. The second kappa shape index (κ2) is 9.79. The summed E-state index contributed by atoms with van der Waals surface area (Å²) in [4.78, 5) is 2.11. The molecule has 4 nitrogen and oxygen atoms in total. The summed E-state index contributed by atoms with van der Waals surface area (Å²) in [7, 11) is 2.03. The molecular formula is C22H33NO3.